The summed E-state index contributed by atoms with van der Waals surface area (Å²) in [5.74, 6) is -2.13. The summed E-state index contributed by atoms with van der Waals surface area (Å²) >= 11 is 0. The van der Waals surface area contributed by atoms with Gasteiger partial charge in [0.2, 0.25) is 0 Å². The van der Waals surface area contributed by atoms with Crippen molar-refractivity contribution in [3.63, 3.8) is 0 Å². The first kappa shape index (κ1) is 21.2. The lowest BCUT2D eigenvalue weighted by atomic mass is 9.44. The molecule has 3 saturated carbocycles. The molecule has 3 fully saturated rings. The number of carbonyl (C=O) groups is 2. The molecule has 0 radical (unpaired) electrons. The Balaban J connectivity index is 1.79. The number of nitrogens with zero attached hydrogens (tertiary/aromatic N) is 1. The van der Waals surface area contributed by atoms with Crippen molar-refractivity contribution in [2.24, 2.45) is 28.6 Å². The van der Waals surface area contributed by atoms with Crippen molar-refractivity contribution in [1.82, 2.24) is 5.32 Å². The second kappa shape index (κ2) is 6.48. The minimum atomic E-state index is -1.99. The van der Waals surface area contributed by atoms with Crippen molar-refractivity contribution in [2.45, 2.75) is 63.8 Å². The minimum Gasteiger partial charge on any atom is -0.390 e. The molecule has 4 aliphatic carbocycles. The zero-order valence-electron chi connectivity index (χ0n) is 17.6. The van der Waals surface area contributed by atoms with Gasteiger partial charge >= 0.3 is 0 Å². The van der Waals surface area contributed by atoms with Crippen LogP contribution < -0.4 is 5.32 Å². The molecular formula is C23H29FN2O4. The van der Waals surface area contributed by atoms with E-state index < -0.39 is 45.9 Å². The predicted octanol–water partition coefficient (Wildman–Crippen LogP) is 1.97. The number of hydrogen-bond acceptors (Lipinski definition) is 5. The Hall–Kier alpha value is -2.04. The first-order valence-corrected chi connectivity index (χ1v) is 10.7. The molecule has 0 aromatic carbocycles. The van der Waals surface area contributed by atoms with E-state index >= 15 is 4.39 Å². The lowest BCUT2D eigenvalue weighted by Crippen LogP contribution is -2.70. The molecule has 0 aliphatic heterocycles. The number of nitrogens with one attached hydrogen (secondary N) is 1. The van der Waals surface area contributed by atoms with Gasteiger partial charge in [-0.15, -0.1) is 0 Å². The average Bonchev–Trinajstić information content (AvgIpc) is 2.89. The normalized spacial score (nSPS) is 49.4. The van der Waals surface area contributed by atoms with Gasteiger partial charge in [0.1, 0.15) is 6.54 Å². The summed E-state index contributed by atoms with van der Waals surface area (Å²) in [6.07, 6.45) is 4.40. The number of fused-ring (bicyclic) bond motifs is 5. The number of ketones is 1. The second-order valence-corrected chi connectivity index (χ2v) is 10.0. The number of halogens is 1. The maximum Gasteiger partial charge on any atom is 0.253 e. The third-order valence-electron chi connectivity index (χ3n) is 8.90. The number of aliphatic hydroxyl groups is 2. The molecular weight excluding hydrogens is 387 g/mol. The van der Waals surface area contributed by atoms with Gasteiger partial charge in [-0.25, -0.2) is 4.39 Å². The molecule has 0 aromatic heterocycles. The Morgan fingerprint density at radius 1 is 1.40 bits per heavy atom. The zero-order chi connectivity index (χ0) is 22.1. The summed E-state index contributed by atoms with van der Waals surface area (Å²) < 4.78 is 17.0. The largest absolute Gasteiger partial charge is 0.390 e. The molecule has 4 rings (SSSR count). The van der Waals surface area contributed by atoms with Crippen LogP contribution in [0, 0.1) is 39.9 Å². The van der Waals surface area contributed by atoms with Gasteiger partial charge in [0.25, 0.3) is 5.91 Å². The molecule has 162 valence electrons. The molecule has 0 spiro atoms. The maximum atomic E-state index is 17.0. The van der Waals surface area contributed by atoms with Crippen LogP contribution in [0.4, 0.5) is 4.39 Å². The van der Waals surface area contributed by atoms with Crippen molar-refractivity contribution in [1.29, 1.82) is 5.26 Å². The fraction of sp³-hybridized carbons (Fsp3) is 0.696. The molecule has 4 aliphatic rings. The Kier molecular flexibility index (Phi) is 4.58. The van der Waals surface area contributed by atoms with E-state index in [-0.39, 0.29) is 24.7 Å². The first-order chi connectivity index (χ1) is 14.0. The van der Waals surface area contributed by atoms with Gasteiger partial charge in [-0.3, -0.25) is 9.59 Å². The fourth-order valence-electron chi connectivity index (χ4n) is 7.28. The number of rotatable bonds is 2. The highest BCUT2D eigenvalue weighted by Crippen LogP contribution is 2.70. The highest BCUT2D eigenvalue weighted by molar-refractivity contribution is 6.01. The van der Waals surface area contributed by atoms with Crippen molar-refractivity contribution in [3.8, 4) is 6.07 Å². The second-order valence-electron chi connectivity index (χ2n) is 10.0. The number of allylic oxidation sites excluding steroid dienone is 4. The van der Waals surface area contributed by atoms with Gasteiger partial charge in [-0.05, 0) is 56.6 Å². The van der Waals surface area contributed by atoms with E-state index in [1.54, 1.807) is 26.8 Å². The molecule has 1 amide bonds. The lowest BCUT2D eigenvalue weighted by molar-refractivity contribution is -0.219. The first-order valence-electron chi connectivity index (χ1n) is 10.7. The summed E-state index contributed by atoms with van der Waals surface area (Å²) in [5, 5.41) is 34.1. The molecule has 7 heteroatoms. The summed E-state index contributed by atoms with van der Waals surface area (Å²) in [5.41, 5.74) is -5.22. The summed E-state index contributed by atoms with van der Waals surface area (Å²) in [7, 11) is 0. The van der Waals surface area contributed by atoms with Gasteiger partial charge in [0.15, 0.2) is 17.1 Å². The van der Waals surface area contributed by atoms with Gasteiger partial charge in [0, 0.05) is 16.7 Å². The number of carbonyl (C=O) groups excluding carboxylic acids is 2. The van der Waals surface area contributed by atoms with E-state index in [0.29, 0.717) is 24.8 Å². The molecule has 6 nitrogen and oxygen atoms in total. The number of hydrogen-bond donors (Lipinski definition) is 3. The van der Waals surface area contributed by atoms with Crippen LogP contribution >= 0.6 is 0 Å². The van der Waals surface area contributed by atoms with E-state index in [1.165, 1.54) is 12.2 Å². The highest BCUT2D eigenvalue weighted by atomic mass is 19.1. The minimum absolute atomic E-state index is 0.0733. The van der Waals surface area contributed by atoms with E-state index in [2.05, 4.69) is 5.32 Å². The van der Waals surface area contributed by atoms with Crippen LogP contribution in [0.3, 0.4) is 0 Å². The van der Waals surface area contributed by atoms with E-state index in [4.69, 9.17) is 5.26 Å². The summed E-state index contributed by atoms with van der Waals surface area (Å²) in [6.45, 7) is 5.06. The monoisotopic (exact) mass is 416 g/mol. The molecule has 8 atom stereocenters. The van der Waals surface area contributed by atoms with Crippen LogP contribution in [0.25, 0.3) is 0 Å². The predicted molar refractivity (Wildman–Crippen MR) is 106 cm³/mol. The number of nitriles is 1. The SMILES string of the molecule is CC1CC2C3CCC4=CC(=O)C=CC4(C)C3(F)C(O)CC2(C)C1(O)C(=O)NCC#N. The van der Waals surface area contributed by atoms with E-state index in [0.717, 1.165) is 0 Å². The van der Waals surface area contributed by atoms with Crippen LogP contribution in [0.1, 0.15) is 46.5 Å². The van der Waals surface area contributed by atoms with Crippen LogP contribution in [-0.4, -0.2) is 45.8 Å². The molecule has 0 bridgehead atoms. The van der Waals surface area contributed by atoms with Crippen LogP contribution in [0.15, 0.2) is 23.8 Å². The van der Waals surface area contributed by atoms with Crippen molar-refractivity contribution >= 4 is 11.7 Å². The quantitative estimate of drug-likeness (QED) is 0.596. The van der Waals surface area contributed by atoms with E-state index in [9.17, 15) is 19.8 Å². The standard InChI is InChI=1S/C23H29FN2O4/c1-13-10-17-16-5-4-14-11-15(27)6-7-20(14,2)22(16,24)18(28)12-21(17,3)23(13,30)19(29)26-9-8-25/h6-7,11,13,16-18,28,30H,4-5,9-10,12H2,1-3H3,(H,26,29). The Morgan fingerprint density at radius 3 is 2.77 bits per heavy atom. The van der Waals surface area contributed by atoms with Crippen molar-refractivity contribution < 1.29 is 24.2 Å². The van der Waals surface area contributed by atoms with Crippen LogP contribution in [0.5, 0.6) is 0 Å². The number of alkyl halides is 1. The molecule has 3 N–H and O–H groups in total. The van der Waals surface area contributed by atoms with Crippen molar-refractivity contribution in [2.75, 3.05) is 6.54 Å². The molecule has 0 heterocycles. The molecule has 0 aromatic rings. The maximum absolute atomic E-state index is 17.0. The van der Waals surface area contributed by atoms with Gasteiger partial charge in [-0.2, -0.15) is 5.26 Å². The smallest absolute Gasteiger partial charge is 0.253 e. The third-order valence-corrected chi connectivity index (χ3v) is 8.90. The topological polar surface area (TPSA) is 110 Å². The number of aliphatic hydroxyl groups excluding tert-OH is 1. The Labute approximate surface area is 175 Å². The van der Waals surface area contributed by atoms with Gasteiger partial charge in [0.05, 0.1) is 12.2 Å². The summed E-state index contributed by atoms with van der Waals surface area (Å²) in [4.78, 5) is 24.8. The average molecular weight is 416 g/mol. The molecule has 0 saturated heterocycles. The van der Waals surface area contributed by atoms with Gasteiger partial charge in [-0.1, -0.05) is 25.5 Å². The lowest BCUT2D eigenvalue weighted by Gasteiger charge is -2.62. The third kappa shape index (κ3) is 2.29. The number of amides is 1. The van der Waals surface area contributed by atoms with Gasteiger partial charge < -0.3 is 15.5 Å². The molecule has 8 unspecified atom stereocenters. The Bertz CT molecular complexity index is 909. The van der Waals surface area contributed by atoms with Crippen LogP contribution in [-0.2, 0) is 9.59 Å². The molecule has 30 heavy (non-hydrogen) atoms. The summed E-state index contributed by atoms with van der Waals surface area (Å²) in [6, 6.07) is 1.84. The van der Waals surface area contributed by atoms with Crippen molar-refractivity contribution in [3.05, 3.63) is 23.8 Å². The fourth-order valence-corrected chi connectivity index (χ4v) is 7.28. The van der Waals surface area contributed by atoms with Crippen LogP contribution in [0.2, 0.25) is 0 Å². The zero-order valence-corrected chi connectivity index (χ0v) is 17.6. The Morgan fingerprint density at radius 2 is 2.10 bits per heavy atom. The highest BCUT2D eigenvalue weighted by Gasteiger charge is 2.75. The van der Waals surface area contributed by atoms with E-state index in [1.807, 2.05) is 6.07 Å².